The minimum Gasteiger partial charge on any atom is -0.480 e. The molecule has 8 heteroatoms. The SMILES string of the molecule is O=C(O)CN(C(=O)c1nn(-c2ccc(F)cc2)cc1Br)C1CC1. The van der Waals surface area contributed by atoms with Crippen molar-refractivity contribution in [2.45, 2.75) is 18.9 Å². The number of nitrogens with zero attached hydrogens (tertiary/aromatic N) is 3. The number of benzene rings is 1. The summed E-state index contributed by atoms with van der Waals surface area (Å²) >= 11 is 3.28. The zero-order chi connectivity index (χ0) is 16.6. The molecule has 23 heavy (non-hydrogen) atoms. The third-order valence-corrected chi connectivity index (χ3v) is 4.10. The van der Waals surface area contributed by atoms with Gasteiger partial charge in [0.1, 0.15) is 12.4 Å². The van der Waals surface area contributed by atoms with Gasteiger partial charge < -0.3 is 10.0 Å². The minimum atomic E-state index is -1.06. The van der Waals surface area contributed by atoms with Crippen LogP contribution in [0.15, 0.2) is 34.9 Å². The highest BCUT2D eigenvalue weighted by molar-refractivity contribution is 9.10. The van der Waals surface area contributed by atoms with Gasteiger partial charge in [-0.1, -0.05) is 0 Å². The van der Waals surface area contributed by atoms with Gasteiger partial charge in [0.05, 0.1) is 10.2 Å². The van der Waals surface area contributed by atoms with Crippen molar-refractivity contribution in [1.82, 2.24) is 14.7 Å². The van der Waals surface area contributed by atoms with Crippen molar-refractivity contribution >= 4 is 27.8 Å². The number of halogens is 2. The number of carbonyl (C=O) groups is 2. The molecule has 1 saturated carbocycles. The molecule has 0 radical (unpaired) electrons. The van der Waals surface area contributed by atoms with E-state index in [4.69, 9.17) is 5.11 Å². The molecule has 6 nitrogen and oxygen atoms in total. The molecule has 0 atom stereocenters. The molecular weight excluding hydrogens is 369 g/mol. The summed E-state index contributed by atoms with van der Waals surface area (Å²) in [4.78, 5) is 24.9. The largest absolute Gasteiger partial charge is 0.480 e. The predicted molar refractivity (Wildman–Crippen MR) is 82.9 cm³/mol. The molecule has 0 saturated heterocycles. The van der Waals surface area contributed by atoms with Crippen LogP contribution in [0.4, 0.5) is 4.39 Å². The van der Waals surface area contributed by atoms with E-state index < -0.39 is 11.9 Å². The quantitative estimate of drug-likeness (QED) is 0.862. The van der Waals surface area contributed by atoms with Crippen LogP contribution in [0.5, 0.6) is 0 Å². The van der Waals surface area contributed by atoms with Crippen LogP contribution < -0.4 is 0 Å². The molecular formula is C15H13BrFN3O3. The van der Waals surface area contributed by atoms with Crippen LogP contribution in [0.2, 0.25) is 0 Å². The fourth-order valence-electron chi connectivity index (χ4n) is 2.26. The average molecular weight is 382 g/mol. The van der Waals surface area contributed by atoms with Gasteiger partial charge in [-0.25, -0.2) is 9.07 Å². The van der Waals surface area contributed by atoms with Crippen molar-refractivity contribution in [1.29, 1.82) is 0 Å². The van der Waals surface area contributed by atoms with E-state index in [0.717, 1.165) is 12.8 Å². The Kier molecular flexibility index (Phi) is 4.16. The van der Waals surface area contributed by atoms with Crippen LogP contribution in [0.3, 0.4) is 0 Å². The van der Waals surface area contributed by atoms with Gasteiger partial charge in [0.25, 0.3) is 5.91 Å². The lowest BCUT2D eigenvalue weighted by Gasteiger charge is -2.19. The Balaban J connectivity index is 1.89. The van der Waals surface area contributed by atoms with Crippen molar-refractivity contribution in [3.05, 3.63) is 46.4 Å². The van der Waals surface area contributed by atoms with E-state index in [1.165, 1.54) is 21.7 Å². The standard InChI is InChI=1S/C15H13BrFN3O3/c16-12-7-20(11-3-1-9(17)2-4-11)18-14(12)15(23)19(8-13(21)22)10-5-6-10/h1-4,7,10H,5-6,8H2,(H,21,22). The van der Waals surface area contributed by atoms with E-state index in [2.05, 4.69) is 21.0 Å². The van der Waals surface area contributed by atoms with Crippen LogP contribution in [0, 0.1) is 5.82 Å². The van der Waals surface area contributed by atoms with E-state index in [1.807, 2.05) is 0 Å². The molecule has 1 N–H and O–H groups in total. The van der Waals surface area contributed by atoms with Crippen LogP contribution in [-0.4, -0.2) is 44.3 Å². The molecule has 3 rings (SSSR count). The van der Waals surface area contributed by atoms with Gasteiger partial charge in [-0.2, -0.15) is 5.10 Å². The Morgan fingerprint density at radius 2 is 2.00 bits per heavy atom. The fourth-order valence-corrected chi connectivity index (χ4v) is 2.70. The fraction of sp³-hybridized carbons (Fsp3) is 0.267. The summed E-state index contributed by atoms with van der Waals surface area (Å²) in [6.45, 7) is -0.348. The van der Waals surface area contributed by atoms with Gasteiger partial charge in [0, 0.05) is 12.2 Å². The summed E-state index contributed by atoms with van der Waals surface area (Å²) in [5.41, 5.74) is 0.741. The van der Waals surface area contributed by atoms with Crippen LogP contribution in [0.1, 0.15) is 23.3 Å². The lowest BCUT2D eigenvalue weighted by molar-refractivity contribution is -0.137. The number of aromatic nitrogens is 2. The summed E-state index contributed by atoms with van der Waals surface area (Å²) in [6.07, 6.45) is 3.19. The molecule has 1 fully saturated rings. The maximum absolute atomic E-state index is 13.0. The topological polar surface area (TPSA) is 75.4 Å². The van der Waals surface area contributed by atoms with Gasteiger partial charge in [-0.3, -0.25) is 9.59 Å². The van der Waals surface area contributed by atoms with Crippen molar-refractivity contribution in [2.24, 2.45) is 0 Å². The Labute approximate surface area is 139 Å². The highest BCUT2D eigenvalue weighted by Gasteiger charge is 2.36. The first-order chi connectivity index (χ1) is 11.0. The molecule has 1 amide bonds. The number of carboxylic acids is 1. The maximum atomic E-state index is 13.0. The first kappa shape index (κ1) is 15.7. The molecule has 1 aromatic carbocycles. The number of hydrogen-bond acceptors (Lipinski definition) is 3. The third-order valence-electron chi connectivity index (χ3n) is 3.52. The zero-order valence-corrected chi connectivity index (χ0v) is 13.5. The number of rotatable bonds is 5. The normalized spacial score (nSPS) is 13.8. The van der Waals surface area contributed by atoms with Gasteiger partial charge in [-0.05, 0) is 53.0 Å². The van der Waals surface area contributed by atoms with E-state index in [1.54, 1.807) is 18.3 Å². The van der Waals surface area contributed by atoms with Gasteiger partial charge in [0.2, 0.25) is 0 Å². The third kappa shape index (κ3) is 3.42. The molecule has 1 aromatic heterocycles. The first-order valence-corrected chi connectivity index (χ1v) is 7.79. The summed E-state index contributed by atoms with van der Waals surface area (Å²) < 4.78 is 14.9. The highest BCUT2D eigenvalue weighted by atomic mass is 79.9. The second-order valence-corrected chi connectivity index (χ2v) is 6.16. The highest BCUT2D eigenvalue weighted by Crippen LogP contribution is 2.29. The molecule has 120 valence electrons. The van der Waals surface area contributed by atoms with Crippen molar-refractivity contribution in [3.63, 3.8) is 0 Å². The molecule has 1 heterocycles. The monoisotopic (exact) mass is 381 g/mol. The molecule has 0 unspecified atom stereocenters. The zero-order valence-electron chi connectivity index (χ0n) is 11.9. The maximum Gasteiger partial charge on any atom is 0.323 e. The molecule has 2 aromatic rings. The Morgan fingerprint density at radius 3 is 2.57 bits per heavy atom. The predicted octanol–water partition coefficient (Wildman–Crippen LogP) is 2.46. The van der Waals surface area contributed by atoms with Crippen LogP contribution in [-0.2, 0) is 4.79 Å². The number of carboxylic acid groups (broad SMARTS) is 1. The lowest BCUT2D eigenvalue weighted by atomic mass is 10.3. The Bertz CT molecular complexity index is 756. The summed E-state index contributed by atoms with van der Waals surface area (Å²) in [6, 6.07) is 5.64. The van der Waals surface area contributed by atoms with E-state index in [0.29, 0.717) is 10.2 Å². The Hall–Kier alpha value is -2.22. The van der Waals surface area contributed by atoms with Gasteiger partial charge in [0.15, 0.2) is 5.69 Å². The van der Waals surface area contributed by atoms with Gasteiger partial charge in [-0.15, -0.1) is 0 Å². The Morgan fingerprint density at radius 1 is 1.35 bits per heavy atom. The van der Waals surface area contributed by atoms with Crippen LogP contribution >= 0.6 is 15.9 Å². The second-order valence-electron chi connectivity index (χ2n) is 5.30. The number of hydrogen-bond donors (Lipinski definition) is 1. The van der Waals surface area contributed by atoms with E-state index in [9.17, 15) is 14.0 Å². The number of aliphatic carboxylic acids is 1. The van der Waals surface area contributed by atoms with Crippen molar-refractivity contribution in [3.8, 4) is 5.69 Å². The summed E-state index contributed by atoms with van der Waals surface area (Å²) in [5, 5.41) is 13.2. The molecule has 0 spiro atoms. The van der Waals surface area contributed by atoms with Crippen molar-refractivity contribution < 1.29 is 19.1 Å². The summed E-state index contributed by atoms with van der Waals surface area (Å²) in [5.74, 6) is -1.85. The molecule has 1 aliphatic carbocycles. The molecule has 1 aliphatic rings. The first-order valence-electron chi connectivity index (χ1n) is 6.99. The smallest absolute Gasteiger partial charge is 0.323 e. The lowest BCUT2D eigenvalue weighted by Crippen LogP contribution is -2.37. The van der Waals surface area contributed by atoms with E-state index >= 15 is 0 Å². The van der Waals surface area contributed by atoms with E-state index in [-0.39, 0.29) is 24.1 Å². The summed E-state index contributed by atoms with van der Waals surface area (Å²) in [7, 11) is 0. The van der Waals surface area contributed by atoms with Crippen LogP contribution in [0.25, 0.3) is 5.69 Å². The van der Waals surface area contributed by atoms with Crippen molar-refractivity contribution in [2.75, 3.05) is 6.54 Å². The average Bonchev–Trinajstić information content (AvgIpc) is 3.27. The minimum absolute atomic E-state index is 0.0403. The van der Waals surface area contributed by atoms with Gasteiger partial charge >= 0.3 is 5.97 Å². The number of carbonyl (C=O) groups excluding carboxylic acids is 1. The molecule has 0 bridgehead atoms. The number of amides is 1. The second kappa shape index (κ2) is 6.11. The molecule has 0 aliphatic heterocycles.